The Morgan fingerprint density at radius 2 is 1.86 bits per heavy atom. The van der Waals surface area contributed by atoms with E-state index in [1.165, 1.54) is 22.4 Å². The number of hydrogen-bond acceptors (Lipinski definition) is 3. The first-order valence-corrected chi connectivity index (χ1v) is 8.25. The molecule has 0 bridgehead atoms. The molecule has 1 unspecified atom stereocenters. The van der Waals surface area contributed by atoms with Crippen LogP contribution in [0.3, 0.4) is 0 Å². The molecule has 0 amide bonds. The van der Waals surface area contributed by atoms with Gasteiger partial charge in [0.1, 0.15) is 0 Å². The average Bonchev–Trinajstić information content (AvgIpc) is 2.53. The lowest BCUT2D eigenvalue weighted by atomic mass is 9.87. The third-order valence-electron chi connectivity index (χ3n) is 4.88. The molecule has 1 saturated heterocycles. The van der Waals surface area contributed by atoms with Crippen LogP contribution in [-0.2, 0) is 6.42 Å². The Hall–Kier alpha value is -1.74. The molecule has 3 rings (SSSR count). The molecule has 1 aromatic carbocycles. The molecular weight excluding hydrogens is 270 g/mol. The third-order valence-corrected chi connectivity index (χ3v) is 4.88. The summed E-state index contributed by atoms with van der Waals surface area (Å²) in [6.07, 6.45) is 3.19. The van der Waals surface area contributed by atoms with Crippen LogP contribution in [0.25, 0.3) is 0 Å². The van der Waals surface area contributed by atoms with Gasteiger partial charge in [-0.05, 0) is 56.8 Å². The molecular formula is C19H25N3. The summed E-state index contributed by atoms with van der Waals surface area (Å²) in [5.41, 5.74) is 6.25. The van der Waals surface area contributed by atoms with Crippen molar-refractivity contribution in [1.82, 2.24) is 15.5 Å². The van der Waals surface area contributed by atoms with E-state index in [9.17, 15) is 0 Å². The van der Waals surface area contributed by atoms with Gasteiger partial charge in [0, 0.05) is 18.4 Å². The van der Waals surface area contributed by atoms with Crippen LogP contribution in [0.15, 0.2) is 30.3 Å². The van der Waals surface area contributed by atoms with Gasteiger partial charge in [-0.3, -0.25) is 0 Å². The lowest BCUT2D eigenvalue weighted by Crippen LogP contribution is -2.35. The fourth-order valence-corrected chi connectivity index (χ4v) is 3.40. The molecule has 2 heterocycles. The van der Waals surface area contributed by atoms with E-state index in [-0.39, 0.29) is 0 Å². The van der Waals surface area contributed by atoms with E-state index in [1.807, 2.05) is 0 Å². The Labute approximate surface area is 133 Å². The Balaban J connectivity index is 1.85. The molecule has 0 radical (unpaired) electrons. The highest BCUT2D eigenvalue weighted by atomic mass is 15.1. The summed E-state index contributed by atoms with van der Waals surface area (Å²) >= 11 is 0. The molecule has 2 atom stereocenters. The number of aromatic nitrogens is 2. The molecule has 116 valence electrons. The SMILES string of the molecule is Cc1c(Cc2ccccc2)nnc(C2CCN[C@H](C)C2)c1C. The minimum atomic E-state index is 0.549. The highest BCUT2D eigenvalue weighted by Crippen LogP contribution is 2.30. The molecule has 22 heavy (non-hydrogen) atoms. The Morgan fingerprint density at radius 1 is 1.09 bits per heavy atom. The maximum absolute atomic E-state index is 4.62. The topological polar surface area (TPSA) is 37.8 Å². The van der Waals surface area contributed by atoms with Crippen LogP contribution in [0.4, 0.5) is 0 Å². The molecule has 1 aromatic heterocycles. The van der Waals surface area contributed by atoms with Crippen LogP contribution >= 0.6 is 0 Å². The number of rotatable bonds is 3. The molecule has 0 spiro atoms. The van der Waals surface area contributed by atoms with Gasteiger partial charge >= 0.3 is 0 Å². The van der Waals surface area contributed by atoms with Crippen molar-refractivity contribution in [1.29, 1.82) is 0 Å². The van der Waals surface area contributed by atoms with Crippen molar-refractivity contribution >= 4 is 0 Å². The van der Waals surface area contributed by atoms with Crippen molar-refractivity contribution in [3.8, 4) is 0 Å². The van der Waals surface area contributed by atoms with E-state index in [1.54, 1.807) is 0 Å². The van der Waals surface area contributed by atoms with Crippen molar-refractivity contribution in [2.45, 2.75) is 52.0 Å². The first-order chi connectivity index (χ1) is 10.6. The van der Waals surface area contributed by atoms with Gasteiger partial charge in [-0.25, -0.2) is 0 Å². The second kappa shape index (κ2) is 6.57. The van der Waals surface area contributed by atoms with Crippen LogP contribution in [0.1, 0.15) is 53.8 Å². The Kier molecular flexibility index (Phi) is 4.53. The molecule has 0 aliphatic carbocycles. The lowest BCUT2D eigenvalue weighted by molar-refractivity contribution is 0.373. The smallest absolute Gasteiger partial charge is 0.0706 e. The van der Waals surface area contributed by atoms with E-state index in [0.29, 0.717) is 12.0 Å². The van der Waals surface area contributed by atoms with E-state index in [4.69, 9.17) is 0 Å². The van der Waals surface area contributed by atoms with E-state index in [2.05, 4.69) is 66.6 Å². The monoisotopic (exact) mass is 295 g/mol. The standard InChI is InChI=1S/C19H25N3/c1-13-11-17(9-10-20-13)19-15(3)14(2)18(21-22-19)12-16-7-5-4-6-8-16/h4-8,13,17,20H,9-12H2,1-3H3/t13-,17?/m1/s1. The largest absolute Gasteiger partial charge is 0.314 e. The van der Waals surface area contributed by atoms with E-state index >= 15 is 0 Å². The summed E-state index contributed by atoms with van der Waals surface area (Å²) in [6.45, 7) is 7.74. The van der Waals surface area contributed by atoms with Gasteiger partial charge < -0.3 is 5.32 Å². The quantitative estimate of drug-likeness (QED) is 0.941. The van der Waals surface area contributed by atoms with Crippen LogP contribution in [-0.4, -0.2) is 22.8 Å². The van der Waals surface area contributed by atoms with Crippen LogP contribution in [0.5, 0.6) is 0 Å². The molecule has 1 N–H and O–H groups in total. The molecule has 1 aliphatic rings. The van der Waals surface area contributed by atoms with Crippen molar-refractivity contribution in [3.05, 3.63) is 58.4 Å². The van der Waals surface area contributed by atoms with E-state index in [0.717, 1.165) is 31.5 Å². The number of nitrogens with zero attached hydrogens (tertiary/aromatic N) is 2. The second-order valence-corrected chi connectivity index (χ2v) is 6.52. The highest BCUT2D eigenvalue weighted by Gasteiger charge is 2.24. The lowest BCUT2D eigenvalue weighted by Gasteiger charge is -2.28. The van der Waals surface area contributed by atoms with Crippen molar-refractivity contribution in [3.63, 3.8) is 0 Å². The molecule has 0 saturated carbocycles. The number of piperidine rings is 1. The fraction of sp³-hybridized carbons (Fsp3) is 0.474. The normalized spacial score (nSPS) is 21.8. The summed E-state index contributed by atoms with van der Waals surface area (Å²) in [4.78, 5) is 0. The molecule has 3 nitrogen and oxygen atoms in total. The molecule has 3 heteroatoms. The van der Waals surface area contributed by atoms with Crippen LogP contribution in [0, 0.1) is 13.8 Å². The molecule has 1 fully saturated rings. The Bertz CT molecular complexity index is 637. The zero-order valence-corrected chi connectivity index (χ0v) is 13.8. The predicted molar refractivity (Wildman–Crippen MR) is 90.2 cm³/mol. The number of nitrogens with one attached hydrogen (secondary N) is 1. The minimum Gasteiger partial charge on any atom is -0.314 e. The minimum absolute atomic E-state index is 0.549. The van der Waals surface area contributed by atoms with E-state index < -0.39 is 0 Å². The number of hydrogen-bond donors (Lipinski definition) is 1. The van der Waals surface area contributed by atoms with Gasteiger partial charge in [0.2, 0.25) is 0 Å². The van der Waals surface area contributed by atoms with Gasteiger partial charge in [-0.15, -0.1) is 0 Å². The predicted octanol–water partition coefficient (Wildman–Crippen LogP) is 3.54. The van der Waals surface area contributed by atoms with Crippen LogP contribution in [0.2, 0.25) is 0 Å². The maximum atomic E-state index is 4.62. The van der Waals surface area contributed by atoms with Gasteiger partial charge in [0.15, 0.2) is 0 Å². The number of benzene rings is 1. The second-order valence-electron chi connectivity index (χ2n) is 6.52. The van der Waals surface area contributed by atoms with Crippen molar-refractivity contribution in [2.75, 3.05) is 6.54 Å². The Morgan fingerprint density at radius 3 is 2.59 bits per heavy atom. The summed E-state index contributed by atoms with van der Waals surface area (Å²) in [7, 11) is 0. The van der Waals surface area contributed by atoms with Crippen molar-refractivity contribution in [2.24, 2.45) is 0 Å². The zero-order chi connectivity index (χ0) is 15.5. The van der Waals surface area contributed by atoms with Gasteiger partial charge in [-0.1, -0.05) is 30.3 Å². The summed E-state index contributed by atoms with van der Waals surface area (Å²) in [5, 5.41) is 12.7. The van der Waals surface area contributed by atoms with Crippen LogP contribution < -0.4 is 5.32 Å². The van der Waals surface area contributed by atoms with Gasteiger partial charge in [0.25, 0.3) is 0 Å². The summed E-state index contributed by atoms with van der Waals surface area (Å²) in [6, 6.07) is 11.1. The third kappa shape index (κ3) is 3.20. The van der Waals surface area contributed by atoms with Crippen molar-refractivity contribution < 1.29 is 0 Å². The first-order valence-electron chi connectivity index (χ1n) is 8.25. The fourth-order valence-electron chi connectivity index (χ4n) is 3.40. The zero-order valence-electron chi connectivity index (χ0n) is 13.8. The highest BCUT2D eigenvalue weighted by molar-refractivity contribution is 5.35. The van der Waals surface area contributed by atoms with Gasteiger partial charge in [0.05, 0.1) is 11.4 Å². The van der Waals surface area contributed by atoms with Gasteiger partial charge in [-0.2, -0.15) is 10.2 Å². The molecule has 2 aromatic rings. The average molecular weight is 295 g/mol. The first kappa shape index (κ1) is 15.2. The molecule has 1 aliphatic heterocycles. The summed E-state index contributed by atoms with van der Waals surface area (Å²) in [5.74, 6) is 0.549. The summed E-state index contributed by atoms with van der Waals surface area (Å²) < 4.78 is 0. The maximum Gasteiger partial charge on any atom is 0.0706 e.